The largest absolute Gasteiger partial charge is 0.394 e. The minimum atomic E-state index is -0.854. The summed E-state index contributed by atoms with van der Waals surface area (Å²) in [7, 11) is 0. The van der Waals surface area contributed by atoms with Crippen molar-refractivity contribution in [2.45, 2.75) is 38.6 Å². The number of aliphatic hydroxyl groups excluding tert-OH is 6. The van der Waals surface area contributed by atoms with Crippen molar-refractivity contribution in [3.63, 3.8) is 0 Å². The molecule has 3 rings (SSSR count). The molecular weight excluding hydrogens is 420 g/mol. The Morgan fingerprint density at radius 2 is 1.12 bits per heavy atom. The normalized spacial score (nSPS) is 13.0. The van der Waals surface area contributed by atoms with Gasteiger partial charge in [-0.2, -0.15) is 0 Å². The fourth-order valence-electron chi connectivity index (χ4n) is 2.73. The topological polar surface area (TPSA) is 121 Å². The van der Waals surface area contributed by atoms with E-state index in [9.17, 15) is 10.2 Å². The summed E-state index contributed by atoms with van der Waals surface area (Å²) in [6.07, 6.45) is -1.29. The quantitative estimate of drug-likeness (QED) is 0.325. The van der Waals surface area contributed by atoms with Crippen LogP contribution in [0.3, 0.4) is 0 Å². The van der Waals surface area contributed by atoms with E-state index in [4.69, 9.17) is 20.4 Å². The van der Waals surface area contributed by atoms with Crippen LogP contribution in [0.25, 0.3) is 22.3 Å². The van der Waals surface area contributed by atoms with Gasteiger partial charge >= 0.3 is 0 Å². The fraction of sp³-hybridized carbons (Fsp3) is 0.333. The molecule has 0 radical (unpaired) electrons. The van der Waals surface area contributed by atoms with Crippen LogP contribution in [0.2, 0.25) is 0 Å². The minimum absolute atomic E-state index is 0.115. The van der Waals surface area contributed by atoms with Gasteiger partial charge in [0.05, 0.1) is 32.0 Å². The number of hydrogen-bond acceptors (Lipinski definition) is 6. The van der Waals surface area contributed by atoms with Crippen LogP contribution in [0.4, 0.5) is 0 Å². The molecule has 3 aromatic carbocycles. The number of hydrogen-bond donors (Lipinski definition) is 6. The van der Waals surface area contributed by atoms with Gasteiger partial charge in [0.1, 0.15) is 6.10 Å². The average molecular weight is 457 g/mol. The molecule has 6 nitrogen and oxygen atoms in total. The Kier molecular flexibility index (Phi) is 13.9. The molecule has 0 aliphatic carbocycles. The lowest BCUT2D eigenvalue weighted by molar-refractivity contribution is 0.0923. The van der Waals surface area contributed by atoms with Gasteiger partial charge in [-0.05, 0) is 47.2 Å². The van der Waals surface area contributed by atoms with E-state index in [1.165, 1.54) is 6.92 Å². The maximum absolute atomic E-state index is 9.91. The summed E-state index contributed by atoms with van der Waals surface area (Å²) in [4.78, 5) is 0. The zero-order chi connectivity index (χ0) is 24.6. The summed E-state index contributed by atoms with van der Waals surface area (Å²) in [5, 5.41) is 51.6. The summed E-state index contributed by atoms with van der Waals surface area (Å²) in [5.41, 5.74) is 5.11. The van der Waals surface area contributed by atoms with E-state index in [0.29, 0.717) is 6.42 Å². The first-order valence-electron chi connectivity index (χ1n) is 11.0. The molecule has 0 aromatic heterocycles. The van der Waals surface area contributed by atoms with Crippen LogP contribution in [0, 0.1) is 0 Å². The predicted molar refractivity (Wildman–Crippen MR) is 132 cm³/mol. The van der Waals surface area contributed by atoms with Gasteiger partial charge < -0.3 is 30.6 Å². The molecule has 0 spiro atoms. The fourth-order valence-corrected chi connectivity index (χ4v) is 2.73. The zero-order valence-corrected chi connectivity index (χ0v) is 19.2. The lowest BCUT2D eigenvalue weighted by Crippen LogP contribution is -2.08. The first-order valence-corrected chi connectivity index (χ1v) is 11.0. The molecule has 0 bridgehead atoms. The van der Waals surface area contributed by atoms with Crippen LogP contribution in [-0.4, -0.2) is 62.7 Å². The van der Waals surface area contributed by atoms with E-state index in [2.05, 4.69) is 24.3 Å². The molecule has 3 aromatic rings. The Balaban J connectivity index is 0.000000414. The third-order valence-electron chi connectivity index (χ3n) is 4.72. The van der Waals surface area contributed by atoms with E-state index in [0.717, 1.165) is 27.8 Å². The predicted octanol–water partition coefficient (Wildman–Crippen LogP) is 3.16. The molecule has 0 amide bonds. The molecule has 33 heavy (non-hydrogen) atoms. The lowest BCUT2D eigenvalue weighted by atomic mass is 9.92. The third kappa shape index (κ3) is 10.3. The molecule has 180 valence electrons. The highest BCUT2D eigenvalue weighted by molar-refractivity contribution is 5.83. The van der Waals surface area contributed by atoms with Crippen molar-refractivity contribution in [2.24, 2.45) is 0 Å². The van der Waals surface area contributed by atoms with Gasteiger partial charge in [-0.1, -0.05) is 79.7 Å². The van der Waals surface area contributed by atoms with Crippen LogP contribution >= 0.6 is 0 Å². The second kappa shape index (κ2) is 16.1. The van der Waals surface area contributed by atoms with Crippen LogP contribution in [0.15, 0.2) is 78.9 Å². The molecule has 0 saturated carbocycles. The summed E-state index contributed by atoms with van der Waals surface area (Å²) < 4.78 is 0. The molecule has 0 aliphatic heterocycles. The average Bonchev–Trinajstić information content (AvgIpc) is 2.89. The van der Waals surface area contributed by atoms with Gasteiger partial charge in [0.15, 0.2) is 0 Å². The summed E-state index contributed by atoms with van der Waals surface area (Å²) in [6, 6.07) is 26.1. The highest BCUT2D eigenvalue weighted by Gasteiger charge is 2.12. The van der Waals surface area contributed by atoms with Gasteiger partial charge in [0, 0.05) is 0 Å². The molecule has 0 fully saturated rings. The van der Waals surface area contributed by atoms with Gasteiger partial charge in [0.25, 0.3) is 0 Å². The number of benzene rings is 3. The molecule has 0 heterocycles. The van der Waals surface area contributed by atoms with E-state index >= 15 is 0 Å². The monoisotopic (exact) mass is 456 g/mol. The first kappa shape index (κ1) is 28.5. The smallest absolute Gasteiger partial charge is 0.102 e. The van der Waals surface area contributed by atoms with E-state index < -0.39 is 18.3 Å². The zero-order valence-electron chi connectivity index (χ0n) is 19.2. The molecule has 0 saturated heterocycles. The first-order chi connectivity index (χ1) is 15.9. The molecule has 3 atom stereocenters. The van der Waals surface area contributed by atoms with Crippen molar-refractivity contribution < 1.29 is 30.6 Å². The lowest BCUT2D eigenvalue weighted by Gasteiger charge is -2.15. The van der Waals surface area contributed by atoms with Crippen molar-refractivity contribution in [2.75, 3.05) is 19.8 Å². The summed E-state index contributed by atoms with van der Waals surface area (Å²) in [5.74, 6) is 0. The highest BCUT2D eigenvalue weighted by Crippen LogP contribution is 2.34. The van der Waals surface area contributed by atoms with Crippen LogP contribution in [0.1, 0.15) is 31.9 Å². The van der Waals surface area contributed by atoms with E-state index in [-0.39, 0.29) is 19.8 Å². The van der Waals surface area contributed by atoms with Crippen molar-refractivity contribution >= 4 is 0 Å². The molecule has 0 aliphatic rings. The van der Waals surface area contributed by atoms with Crippen LogP contribution in [0.5, 0.6) is 0 Å². The Morgan fingerprint density at radius 3 is 1.48 bits per heavy atom. The van der Waals surface area contributed by atoms with Crippen LogP contribution in [-0.2, 0) is 0 Å². The number of rotatable bonds is 7. The molecule has 6 N–H and O–H groups in total. The second-order valence-corrected chi connectivity index (χ2v) is 7.51. The van der Waals surface area contributed by atoms with Gasteiger partial charge in [-0.25, -0.2) is 0 Å². The van der Waals surface area contributed by atoms with Gasteiger partial charge in [0.2, 0.25) is 0 Å². The maximum Gasteiger partial charge on any atom is 0.102 e. The number of aliphatic hydroxyl groups is 6. The Labute approximate surface area is 196 Å². The van der Waals surface area contributed by atoms with Crippen LogP contribution < -0.4 is 0 Å². The van der Waals surface area contributed by atoms with Crippen molar-refractivity contribution in [1.29, 1.82) is 0 Å². The second-order valence-electron chi connectivity index (χ2n) is 7.51. The Morgan fingerprint density at radius 1 is 0.636 bits per heavy atom. The Bertz CT molecular complexity index is 880. The van der Waals surface area contributed by atoms with Crippen molar-refractivity contribution in [3.05, 3.63) is 84.4 Å². The summed E-state index contributed by atoms with van der Waals surface area (Å²) >= 11 is 0. The Hall–Kier alpha value is -2.58. The van der Waals surface area contributed by atoms with Gasteiger partial charge in [-0.3, -0.25) is 0 Å². The molecular formula is C27H36O6. The molecule has 0 unspecified atom stereocenters. The minimum Gasteiger partial charge on any atom is -0.394 e. The molecule has 6 heteroatoms. The van der Waals surface area contributed by atoms with Crippen molar-refractivity contribution in [1.82, 2.24) is 0 Å². The summed E-state index contributed by atoms with van der Waals surface area (Å²) in [6.45, 7) is 2.82. The van der Waals surface area contributed by atoms with Gasteiger partial charge in [-0.15, -0.1) is 0 Å². The SMILES string of the molecule is CC[C@H](O)CO.C[C@H](O)CO.OC[C@@H](O)c1ccc(-c2ccccc2)c(-c2ccccc2)c1. The highest BCUT2D eigenvalue weighted by atomic mass is 16.3. The van der Waals surface area contributed by atoms with E-state index in [1.807, 2.05) is 61.5 Å². The van der Waals surface area contributed by atoms with E-state index in [1.54, 1.807) is 0 Å². The van der Waals surface area contributed by atoms with Crippen molar-refractivity contribution in [3.8, 4) is 22.3 Å². The maximum atomic E-state index is 9.91. The standard InChI is InChI=1S/C20H18O2.C4H10O2.C3H8O2/c21-14-20(22)17-11-12-18(15-7-3-1-4-8-15)19(13-17)16-9-5-2-6-10-16;1-2-4(6)3-5;1-3(5)2-4/h1-13,20-22H,14H2;4-6H,2-3H2,1H3;3-5H,2H2,1H3/t20-;4-;3-/m100/s1. The third-order valence-corrected chi connectivity index (χ3v) is 4.72.